The van der Waals surface area contributed by atoms with Crippen LogP contribution < -0.4 is 0 Å². The van der Waals surface area contributed by atoms with Crippen LogP contribution in [0.5, 0.6) is 0 Å². The lowest BCUT2D eigenvalue weighted by atomic mass is 9.93. The first-order valence-corrected chi connectivity index (χ1v) is 16.5. The van der Waals surface area contributed by atoms with Gasteiger partial charge in [0, 0.05) is 33.5 Å². The Morgan fingerprint density at radius 3 is 0.947 bits per heavy atom. The Bertz CT molecular complexity index is 1670. The molecule has 57 heavy (non-hydrogen) atoms. The van der Waals surface area contributed by atoms with E-state index in [1.54, 1.807) is 0 Å². The van der Waals surface area contributed by atoms with Crippen molar-refractivity contribution in [1.29, 1.82) is 0 Å². The Labute approximate surface area is 298 Å². The number of halogens is 26. The van der Waals surface area contributed by atoms with Gasteiger partial charge in [-0.2, -0.15) is 118 Å². The maximum atomic E-state index is 14.1. The maximum absolute atomic E-state index is 14.1. The number of nitrogens with zero attached hydrogens (tertiary/aromatic N) is 2. The minimum atomic E-state index is -8.42. The molecule has 0 aromatic carbocycles. The van der Waals surface area contributed by atoms with Gasteiger partial charge in [0.25, 0.3) is 0 Å². The van der Waals surface area contributed by atoms with E-state index >= 15 is 0 Å². The molecule has 1 atom stereocenters. The van der Waals surface area contributed by atoms with E-state index in [0.717, 1.165) is 0 Å². The SMILES string of the molecule is CN(CC(C(=O)O)N(C)S(=O)(=O)CCC(F)(F)C(F)(F)C(F)(F)C(F)(F)C(F)(F)C(F)(F)F)S(=O)(=O)CCC(F)(F)C(F)(F)C(F)(F)C(F)(F)C(F)(F)C(F)(F)F. The first kappa shape index (κ1) is 54.5. The van der Waals surface area contributed by atoms with E-state index in [2.05, 4.69) is 0 Å². The van der Waals surface area contributed by atoms with Crippen molar-refractivity contribution in [2.45, 2.75) is 90.5 Å². The van der Waals surface area contributed by atoms with E-state index < -0.39 is 143 Å². The molecule has 8 nitrogen and oxygen atoms in total. The average Bonchev–Trinajstić information content (AvgIpc) is 2.99. The van der Waals surface area contributed by atoms with Crippen LogP contribution in [-0.2, 0) is 24.8 Å². The quantitative estimate of drug-likeness (QED) is 0.129. The Morgan fingerprint density at radius 1 is 0.456 bits per heavy atom. The molecule has 0 spiro atoms. The summed E-state index contributed by atoms with van der Waals surface area (Å²) in [5.41, 5.74) is 0. The zero-order valence-electron chi connectivity index (χ0n) is 26.6. The molecular formula is C21H18F26N2O6S2. The molecule has 0 saturated carbocycles. The van der Waals surface area contributed by atoms with Crippen molar-refractivity contribution in [3.05, 3.63) is 0 Å². The summed E-state index contributed by atoms with van der Waals surface area (Å²) in [4.78, 5) is 11.6. The molecule has 0 amide bonds. The van der Waals surface area contributed by atoms with E-state index in [1.165, 1.54) is 0 Å². The van der Waals surface area contributed by atoms with Crippen molar-refractivity contribution in [2.24, 2.45) is 0 Å². The van der Waals surface area contributed by atoms with E-state index in [4.69, 9.17) is 0 Å². The van der Waals surface area contributed by atoms with Gasteiger partial charge >= 0.3 is 77.5 Å². The molecule has 0 aliphatic carbocycles. The van der Waals surface area contributed by atoms with Crippen LogP contribution >= 0.6 is 0 Å². The molecule has 0 aliphatic rings. The summed E-state index contributed by atoms with van der Waals surface area (Å²) in [7, 11) is -12.5. The number of carboxylic acid groups (broad SMARTS) is 1. The fourth-order valence-electron chi connectivity index (χ4n) is 3.63. The number of carbonyl (C=O) groups is 1. The van der Waals surface area contributed by atoms with Gasteiger partial charge in [-0.15, -0.1) is 0 Å². The highest BCUT2D eigenvalue weighted by Crippen LogP contribution is 2.62. The largest absolute Gasteiger partial charge is 0.480 e. The second kappa shape index (κ2) is 15.2. The van der Waals surface area contributed by atoms with Gasteiger partial charge in [-0.25, -0.2) is 21.1 Å². The zero-order chi connectivity index (χ0) is 46.8. The fourth-order valence-corrected chi connectivity index (χ4v) is 6.17. The number of hydrogen-bond donors (Lipinski definition) is 1. The average molecular weight is 952 g/mol. The summed E-state index contributed by atoms with van der Waals surface area (Å²) in [6, 6.07) is -3.25. The van der Waals surface area contributed by atoms with Crippen molar-refractivity contribution in [3.63, 3.8) is 0 Å². The molecule has 1 unspecified atom stereocenters. The maximum Gasteiger partial charge on any atom is 0.460 e. The van der Waals surface area contributed by atoms with Gasteiger partial charge in [0.15, 0.2) is 0 Å². The first-order valence-electron chi connectivity index (χ1n) is 13.3. The van der Waals surface area contributed by atoms with Gasteiger partial charge < -0.3 is 5.11 Å². The smallest absolute Gasteiger partial charge is 0.460 e. The molecule has 0 bridgehead atoms. The van der Waals surface area contributed by atoms with Gasteiger partial charge in [-0.3, -0.25) is 4.79 Å². The van der Waals surface area contributed by atoms with Crippen LogP contribution in [0, 0.1) is 0 Å². The van der Waals surface area contributed by atoms with E-state index in [-0.39, 0.29) is 14.1 Å². The van der Waals surface area contributed by atoms with Crippen LogP contribution in [0.25, 0.3) is 0 Å². The molecule has 36 heteroatoms. The van der Waals surface area contributed by atoms with E-state index in [1.807, 2.05) is 0 Å². The monoisotopic (exact) mass is 952 g/mol. The number of rotatable bonds is 20. The molecule has 1 N–H and O–H groups in total. The first-order chi connectivity index (χ1) is 24.3. The van der Waals surface area contributed by atoms with Gasteiger partial charge in [0.1, 0.15) is 6.04 Å². The summed E-state index contributed by atoms with van der Waals surface area (Å²) in [5, 5.41) is 9.22. The Balaban J connectivity index is 6.41. The molecule has 0 aromatic rings. The predicted molar refractivity (Wildman–Crippen MR) is 130 cm³/mol. The molecule has 0 fully saturated rings. The fraction of sp³-hybridized carbons (Fsp3) is 0.952. The number of likely N-dealkylation sites (N-methyl/N-ethyl adjacent to an activating group) is 2. The molecule has 0 saturated heterocycles. The summed E-state index contributed by atoms with van der Waals surface area (Å²) >= 11 is 0. The minimum absolute atomic E-state index is 0.0810. The second-order valence-electron chi connectivity index (χ2n) is 11.3. The minimum Gasteiger partial charge on any atom is -0.480 e. The van der Waals surface area contributed by atoms with Gasteiger partial charge in [0.2, 0.25) is 20.0 Å². The third kappa shape index (κ3) is 9.00. The lowest BCUT2D eigenvalue weighted by Crippen LogP contribution is -2.70. The second-order valence-corrected chi connectivity index (χ2v) is 15.6. The zero-order valence-corrected chi connectivity index (χ0v) is 28.3. The number of sulfonamides is 2. The highest BCUT2D eigenvalue weighted by atomic mass is 32.2. The molecule has 0 rings (SSSR count). The van der Waals surface area contributed by atoms with Gasteiger partial charge in [0.05, 0.1) is 11.5 Å². The van der Waals surface area contributed by atoms with Crippen LogP contribution in [0.2, 0.25) is 0 Å². The number of hydrogen-bond acceptors (Lipinski definition) is 5. The molecule has 0 radical (unpaired) electrons. The Morgan fingerprint density at radius 2 is 0.702 bits per heavy atom. The van der Waals surface area contributed by atoms with Gasteiger partial charge in [-0.05, 0) is 0 Å². The predicted octanol–water partition coefficient (Wildman–Crippen LogP) is 7.22. The van der Waals surface area contributed by atoms with E-state index in [0.29, 0.717) is 0 Å². The van der Waals surface area contributed by atoms with Crippen molar-refractivity contribution >= 4 is 26.0 Å². The normalized spacial score (nSPS) is 16.7. The van der Waals surface area contributed by atoms with Crippen LogP contribution in [0.3, 0.4) is 0 Å². The van der Waals surface area contributed by atoms with Crippen LogP contribution in [-0.4, -0.2) is 146 Å². The Kier molecular flexibility index (Phi) is 14.5. The number of carboxylic acids is 1. The molecule has 0 aromatic heterocycles. The van der Waals surface area contributed by atoms with Crippen LogP contribution in [0.15, 0.2) is 0 Å². The summed E-state index contributed by atoms with van der Waals surface area (Å²) in [6.07, 6.45) is -22.6. The van der Waals surface area contributed by atoms with Crippen molar-refractivity contribution in [3.8, 4) is 0 Å². The molecular weight excluding hydrogens is 934 g/mol. The highest BCUT2D eigenvalue weighted by molar-refractivity contribution is 7.89. The topological polar surface area (TPSA) is 112 Å². The standard InChI is InChI=1S/C21H18F26N2O6S2/c1-48(56(52,53)5-3-10(22,23)12(26,27)14(30,31)16(34,35)18(38,39)20(42,43)44)7-8(9(50)51)49(2)57(54,55)6-4-11(24,25)13(28,29)15(32,33)17(36,37)19(40,41)21(45,46)47/h8H,3-7H2,1-2H3,(H,50,51). The molecule has 342 valence electrons. The lowest BCUT2D eigenvalue weighted by molar-refractivity contribution is -0.439. The number of alkyl halides is 26. The van der Waals surface area contributed by atoms with Crippen LogP contribution in [0.1, 0.15) is 12.8 Å². The third-order valence-corrected chi connectivity index (χ3v) is 11.1. The lowest BCUT2D eigenvalue weighted by Gasteiger charge is -2.40. The summed E-state index contributed by atoms with van der Waals surface area (Å²) in [5.74, 6) is -88.6. The summed E-state index contributed by atoms with van der Waals surface area (Å²) < 4.78 is 393. The Hall–Kier alpha value is -2.53. The molecule has 0 heterocycles. The van der Waals surface area contributed by atoms with Crippen molar-refractivity contribution < 1.29 is 141 Å². The van der Waals surface area contributed by atoms with Crippen LogP contribution in [0.4, 0.5) is 114 Å². The van der Waals surface area contributed by atoms with Crippen molar-refractivity contribution in [2.75, 3.05) is 32.1 Å². The third-order valence-electron chi connectivity index (χ3n) is 7.41. The number of aliphatic carboxylic acids is 1. The molecule has 0 aliphatic heterocycles. The van der Waals surface area contributed by atoms with E-state index in [9.17, 15) is 141 Å². The summed E-state index contributed by atoms with van der Waals surface area (Å²) in [6.45, 7) is -2.16. The highest BCUT2D eigenvalue weighted by Gasteiger charge is 2.92. The van der Waals surface area contributed by atoms with Gasteiger partial charge in [-0.1, -0.05) is 0 Å². The van der Waals surface area contributed by atoms with Crippen molar-refractivity contribution in [1.82, 2.24) is 8.61 Å².